The molecule has 18 heavy (non-hydrogen) atoms. The van der Waals surface area contributed by atoms with E-state index in [0.717, 1.165) is 30.9 Å². The Balaban J connectivity index is 0.00000162. The van der Waals surface area contributed by atoms with E-state index in [-0.39, 0.29) is 12.4 Å². The molecule has 1 aliphatic rings. The Morgan fingerprint density at radius 2 is 2.39 bits per heavy atom. The van der Waals surface area contributed by atoms with Crippen LogP contribution >= 0.6 is 23.7 Å². The van der Waals surface area contributed by atoms with Crippen LogP contribution in [0.25, 0.3) is 0 Å². The molecule has 1 saturated heterocycles. The molecule has 0 aliphatic carbocycles. The fraction of sp³-hybridized carbons (Fsp3) is 0.700. The highest BCUT2D eigenvalue weighted by atomic mass is 35.5. The molecule has 1 aliphatic heterocycles. The topological polar surface area (TPSA) is 71.1 Å². The monoisotopic (exact) mass is 311 g/mol. The van der Waals surface area contributed by atoms with Crippen LogP contribution in [0.1, 0.15) is 17.8 Å². The van der Waals surface area contributed by atoms with Gasteiger partial charge in [-0.3, -0.25) is 0 Å². The highest BCUT2D eigenvalue weighted by molar-refractivity contribution is 7.91. The van der Waals surface area contributed by atoms with E-state index in [4.69, 9.17) is 0 Å². The van der Waals surface area contributed by atoms with E-state index in [9.17, 15) is 8.42 Å². The van der Waals surface area contributed by atoms with Crippen LogP contribution in [-0.4, -0.2) is 33.0 Å². The van der Waals surface area contributed by atoms with Gasteiger partial charge in [0.25, 0.3) is 10.0 Å². The minimum Gasteiger partial charge on any atom is -0.316 e. The van der Waals surface area contributed by atoms with Gasteiger partial charge >= 0.3 is 0 Å². The quantitative estimate of drug-likeness (QED) is 0.856. The van der Waals surface area contributed by atoms with Crippen molar-refractivity contribution < 1.29 is 8.42 Å². The lowest BCUT2D eigenvalue weighted by atomic mass is 10.1. The summed E-state index contributed by atoms with van der Waals surface area (Å²) in [6.07, 6.45) is 3.45. The second-order valence-corrected chi connectivity index (χ2v) is 7.47. The molecule has 104 valence electrons. The van der Waals surface area contributed by atoms with E-state index in [0.29, 0.717) is 16.7 Å². The number of hydrogen-bond donors (Lipinski definition) is 2. The Kier molecular flexibility index (Phi) is 6.00. The van der Waals surface area contributed by atoms with Gasteiger partial charge in [0.1, 0.15) is 0 Å². The maximum Gasteiger partial charge on any atom is 0.251 e. The molecule has 1 unspecified atom stereocenters. The number of hydrogen-bond acceptors (Lipinski definition) is 5. The maximum atomic E-state index is 11.9. The van der Waals surface area contributed by atoms with Crippen LogP contribution in [0.15, 0.2) is 10.4 Å². The van der Waals surface area contributed by atoms with E-state index in [2.05, 4.69) is 15.0 Å². The zero-order valence-electron chi connectivity index (χ0n) is 10.2. The van der Waals surface area contributed by atoms with Crippen LogP contribution in [0.5, 0.6) is 0 Å². The highest BCUT2D eigenvalue weighted by Gasteiger charge is 2.18. The summed E-state index contributed by atoms with van der Waals surface area (Å²) in [5.41, 5.74) is 0. The fourth-order valence-corrected chi connectivity index (χ4v) is 4.10. The Bertz CT molecular complexity index is 469. The molecule has 8 heteroatoms. The summed E-state index contributed by atoms with van der Waals surface area (Å²) in [6.45, 7) is 4.35. The van der Waals surface area contributed by atoms with Crippen LogP contribution in [-0.2, 0) is 10.0 Å². The standard InChI is InChI=1S/C10H17N3O2S2.ClH/c1-8-12-7-10(16-8)17(14,15)13-5-3-9-2-4-11-6-9;/h7,9,11,13H,2-6H2,1H3;1H. The second kappa shape index (κ2) is 6.81. The van der Waals surface area contributed by atoms with Gasteiger partial charge in [-0.05, 0) is 38.8 Å². The molecule has 0 amide bonds. The van der Waals surface area contributed by atoms with Crippen molar-refractivity contribution in [3.05, 3.63) is 11.2 Å². The van der Waals surface area contributed by atoms with E-state index in [1.807, 2.05) is 0 Å². The predicted molar refractivity (Wildman–Crippen MR) is 74.9 cm³/mol. The van der Waals surface area contributed by atoms with E-state index in [1.165, 1.54) is 17.5 Å². The summed E-state index contributed by atoms with van der Waals surface area (Å²) < 4.78 is 26.7. The Morgan fingerprint density at radius 1 is 1.61 bits per heavy atom. The molecule has 2 rings (SSSR count). The predicted octanol–water partition coefficient (Wildman–Crippen LogP) is 1.15. The van der Waals surface area contributed by atoms with Crippen molar-refractivity contribution in [3.63, 3.8) is 0 Å². The molecule has 0 saturated carbocycles. The van der Waals surface area contributed by atoms with Crippen molar-refractivity contribution in [2.75, 3.05) is 19.6 Å². The second-order valence-electron chi connectivity index (χ2n) is 4.24. The normalized spacial score (nSPS) is 19.7. The molecule has 2 heterocycles. The van der Waals surface area contributed by atoms with Crippen molar-refractivity contribution in [2.24, 2.45) is 5.92 Å². The van der Waals surface area contributed by atoms with Gasteiger partial charge in [-0.25, -0.2) is 18.1 Å². The van der Waals surface area contributed by atoms with Crippen molar-refractivity contribution in [3.8, 4) is 0 Å². The minimum absolute atomic E-state index is 0. The zero-order chi connectivity index (χ0) is 12.3. The number of aryl methyl sites for hydroxylation is 1. The zero-order valence-corrected chi connectivity index (χ0v) is 12.6. The first kappa shape index (κ1) is 15.8. The molecule has 1 fully saturated rings. The van der Waals surface area contributed by atoms with Crippen LogP contribution in [0.2, 0.25) is 0 Å². The molecule has 0 aromatic carbocycles. The molecule has 1 aromatic rings. The number of rotatable bonds is 5. The average Bonchev–Trinajstić information content (AvgIpc) is 2.89. The Labute approximate surface area is 118 Å². The molecule has 5 nitrogen and oxygen atoms in total. The van der Waals surface area contributed by atoms with Crippen LogP contribution in [0, 0.1) is 12.8 Å². The van der Waals surface area contributed by atoms with Crippen molar-refractivity contribution >= 4 is 33.8 Å². The first-order valence-electron chi connectivity index (χ1n) is 5.71. The molecule has 1 aromatic heterocycles. The van der Waals surface area contributed by atoms with Gasteiger partial charge in [0.15, 0.2) is 4.21 Å². The Hall–Kier alpha value is -0.210. The molecule has 0 spiro atoms. The third kappa shape index (κ3) is 4.17. The summed E-state index contributed by atoms with van der Waals surface area (Å²) in [5, 5.41) is 4.04. The first-order valence-corrected chi connectivity index (χ1v) is 8.01. The minimum atomic E-state index is -3.35. The van der Waals surface area contributed by atoms with Crippen molar-refractivity contribution in [1.29, 1.82) is 0 Å². The van der Waals surface area contributed by atoms with E-state index < -0.39 is 10.0 Å². The molecule has 2 N–H and O–H groups in total. The number of nitrogens with zero attached hydrogens (tertiary/aromatic N) is 1. The lowest BCUT2D eigenvalue weighted by Crippen LogP contribution is -2.26. The third-order valence-corrected chi connectivity index (χ3v) is 5.71. The lowest BCUT2D eigenvalue weighted by Gasteiger charge is -2.08. The number of sulfonamides is 1. The van der Waals surface area contributed by atoms with Gasteiger partial charge < -0.3 is 5.32 Å². The van der Waals surface area contributed by atoms with Gasteiger partial charge in [-0.1, -0.05) is 0 Å². The summed E-state index contributed by atoms with van der Waals surface area (Å²) in [6, 6.07) is 0. The summed E-state index contributed by atoms with van der Waals surface area (Å²) >= 11 is 1.20. The van der Waals surface area contributed by atoms with Crippen LogP contribution in [0.3, 0.4) is 0 Å². The molecular formula is C10H18ClN3O2S2. The summed E-state index contributed by atoms with van der Waals surface area (Å²) in [4.78, 5) is 3.96. The molecular weight excluding hydrogens is 294 g/mol. The Morgan fingerprint density at radius 3 is 2.94 bits per heavy atom. The summed E-state index contributed by atoms with van der Waals surface area (Å²) in [7, 11) is -3.35. The maximum absolute atomic E-state index is 11.9. The highest BCUT2D eigenvalue weighted by Crippen LogP contribution is 2.18. The van der Waals surface area contributed by atoms with Gasteiger partial charge in [0, 0.05) is 6.54 Å². The summed E-state index contributed by atoms with van der Waals surface area (Å²) in [5.74, 6) is 0.598. The fourth-order valence-electron chi connectivity index (χ4n) is 1.90. The average molecular weight is 312 g/mol. The van der Waals surface area contributed by atoms with Crippen molar-refractivity contribution in [2.45, 2.75) is 24.0 Å². The SMILES string of the molecule is Cc1ncc(S(=O)(=O)NCCC2CCNC2)s1.Cl. The van der Waals surface area contributed by atoms with Crippen LogP contribution < -0.4 is 10.0 Å². The van der Waals surface area contributed by atoms with Crippen molar-refractivity contribution in [1.82, 2.24) is 15.0 Å². The third-order valence-electron chi connectivity index (χ3n) is 2.87. The molecule has 0 bridgehead atoms. The largest absolute Gasteiger partial charge is 0.316 e. The van der Waals surface area contributed by atoms with E-state index in [1.54, 1.807) is 6.92 Å². The smallest absolute Gasteiger partial charge is 0.251 e. The number of nitrogens with one attached hydrogen (secondary N) is 2. The lowest BCUT2D eigenvalue weighted by molar-refractivity contribution is 0.520. The molecule has 1 atom stereocenters. The first-order chi connectivity index (χ1) is 8.08. The van der Waals surface area contributed by atoms with E-state index >= 15 is 0 Å². The van der Waals surface area contributed by atoms with Crippen LogP contribution in [0.4, 0.5) is 0 Å². The van der Waals surface area contributed by atoms with Gasteiger partial charge in [-0.15, -0.1) is 23.7 Å². The number of aromatic nitrogens is 1. The van der Waals surface area contributed by atoms with Gasteiger partial charge in [0.05, 0.1) is 11.2 Å². The number of halogens is 1. The molecule has 0 radical (unpaired) electrons. The van der Waals surface area contributed by atoms with Gasteiger partial charge in [-0.2, -0.15) is 0 Å². The van der Waals surface area contributed by atoms with Gasteiger partial charge in [0.2, 0.25) is 0 Å². The number of thiazole rings is 1.